The van der Waals surface area contributed by atoms with Gasteiger partial charge < -0.3 is 5.32 Å². The van der Waals surface area contributed by atoms with Crippen molar-refractivity contribution < 1.29 is 4.79 Å². The molecule has 1 N–H and O–H groups in total. The van der Waals surface area contributed by atoms with Crippen molar-refractivity contribution in [2.45, 2.75) is 13.8 Å². The lowest BCUT2D eigenvalue weighted by Gasteiger charge is -2.22. The molecule has 2 rings (SSSR count). The number of aryl methyl sites for hydroxylation is 1. The van der Waals surface area contributed by atoms with Crippen LogP contribution in [-0.4, -0.2) is 12.6 Å². The minimum absolute atomic E-state index is 0.166. The molecule has 0 atom stereocenters. The van der Waals surface area contributed by atoms with Gasteiger partial charge in [0.2, 0.25) is 0 Å². The summed E-state index contributed by atoms with van der Waals surface area (Å²) in [6.45, 7) is 4.54. The number of halogens is 1. The van der Waals surface area contributed by atoms with Crippen molar-refractivity contribution in [2.24, 2.45) is 0 Å². The maximum Gasteiger partial charge on any atom is 0.326 e. The zero-order chi connectivity index (χ0) is 14.5. The van der Waals surface area contributed by atoms with Gasteiger partial charge in [-0.2, -0.15) is 0 Å². The van der Waals surface area contributed by atoms with Gasteiger partial charge in [-0.25, -0.2) is 4.79 Å². The SMILES string of the molecule is CCN(C(=O)Nc1cccc(Cl)c1)c1cccc(C)c1. The maximum absolute atomic E-state index is 12.3. The quantitative estimate of drug-likeness (QED) is 0.872. The molecule has 0 heterocycles. The highest BCUT2D eigenvalue weighted by Crippen LogP contribution is 2.19. The first-order valence-electron chi connectivity index (χ1n) is 6.51. The van der Waals surface area contributed by atoms with Crippen molar-refractivity contribution in [2.75, 3.05) is 16.8 Å². The van der Waals surface area contributed by atoms with Crippen molar-refractivity contribution in [3.63, 3.8) is 0 Å². The zero-order valence-corrected chi connectivity index (χ0v) is 12.3. The normalized spacial score (nSPS) is 10.2. The average molecular weight is 289 g/mol. The predicted octanol–water partition coefficient (Wildman–Crippen LogP) is 4.71. The van der Waals surface area contributed by atoms with Gasteiger partial charge >= 0.3 is 6.03 Å². The smallest absolute Gasteiger partial charge is 0.307 e. The minimum Gasteiger partial charge on any atom is -0.307 e. The Morgan fingerprint density at radius 3 is 2.60 bits per heavy atom. The number of carbonyl (C=O) groups is 1. The maximum atomic E-state index is 12.3. The first-order valence-corrected chi connectivity index (χ1v) is 6.88. The van der Waals surface area contributed by atoms with Crippen LogP contribution in [0.3, 0.4) is 0 Å². The summed E-state index contributed by atoms with van der Waals surface area (Å²) in [6.07, 6.45) is 0. The molecule has 4 heteroatoms. The summed E-state index contributed by atoms with van der Waals surface area (Å²) in [5.74, 6) is 0. The van der Waals surface area contributed by atoms with E-state index in [4.69, 9.17) is 11.6 Å². The van der Waals surface area contributed by atoms with E-state index in [0.717, 1.165) is 11.3 Å². The van der Waals surface area contributed by atoms with Gasteiger partial charge in [0.25, 0.3) is 0 Å². The fourth-order valence-electron chi connectivity index (χ4n) is 2.00. The number of rotatable bonds is 3. The Morgan fingerprint density at radius 1 is 1.20 bits per heavy atom. The lowest BCUT2D eigenvalue weighted by molar-refractivity contribution is 0.257. The van der Waals surface area contributed by atoms with E-state index < -0.39 is 0 Å². The van der Waals surface area contributed by atoms with Crippen molar-refractivity contribution in [1.29, 1.82) is 0 Å². The molecule has 0 bridgehead atoms. The highest BCUT2D eigenvalue weighted by molar-refractivity contribution is 6.30. The van der Waals surface area contributed by atoms with Crippen LogP contribution in [0.25, 0.3) is 0 Å². The molecular weight excluding hydrogens is 272 g/mol. The Bertz CT molecular complexity index is 613. The number of hydrogen-bond acceptors (Lipinski definition) is 1. The number of nitrogens with zero attached hydrogens (tertiary/aromatic N) is 1. The molecule has 104 valence electrons. The van der Waals surface area contributed by atoms with Crippen LogP contribution in [0.1, 0.15) is 12.5 Å². The van der Waals surface area contributed by atoms with E-state index in [9.17, 15) is 4.79 Å². The number of hydrogen-bond donors (Lipinski definition) is 1. The van der Waals surface area contributed by atoms with E-state index in [1.165, 1.54) is 0 Å². The number of benzene rings is 2. The van der Waals surface area contributed by atoms with Crippen LogP contribution in [0.5, 0.6) is 0 Å². The molecular formula is C16H17ClN2O. The standard InChI is InChI=1S/C16H17ClN2O/c1-3-19(15-9-4-6-12(2)10-15)16(20)18-14-8-5-7-13(17)11-14/h4-11H,3H2,1-2H3,(H,18,20). The summed E-state index contributed by atoms with van der Waals surface area (Å²) >= 11 is 5.91. The summed E-state index contributed by atoms with van der Waals surface area (Å²) in [5.41, 5.74) is 2.69. The summed E-state index contributed by atoms with van der Waals surface area (Å²) < 4.78 is 0. The molecule has 0 spiro atoms. The van der Waals surface area contributed by atoms with Gasteiger partial charge in [0, 0.05) is 22.9 Å². The fourth-order valence-corrected chi connectivity index (χ4v) is 2.19. The second-order valence-corrected chi connectivity index (χ2v) is 4.96. The van der Waals surface area contributed by atoms with Crippen LogP contribution in [0.15, 0.2) is 48.5 Å². The topological polar surface area (TPSA) is 32.3 Å². The molecule has 0 unspecified atom stereocenters. The molecule has 0 aromatic heterocycles. The molecule has 0 radical (unpaired) electrons. The molecule has 2 aromatic carbocycles. The molecule has 20 heavy (non-hydrogen) atoms. The first-order chi connectivity index (χ1) is 9.60. The highest BCUT2D eigenvalue weighted by Gasteiger charge is 2.14. The Kier molecular flexibility index (Phi) is 4.64. The molecule has 3 nitrogen and oxygen atoms in total. The Hall–Kier alpha value is -2.00. The van der Waals surface area contributed by atoms with E-state index in [1.54, 1.807) is 23.1 Å². The third-order valence-corrected chi connectivity index (χ3v) is 3.19. The van der Waals surface area contributed by atoms with Crippen LogP contribution < -0.4 is 10.2 Å². The van der Waals surface area contributed by atoms with Gasteiger partial charge in [0.05, 0.1) is 0 Å². The Labute approximate surface area is 124 Å². The molecule has 0 aliphatic heterocycles. The summed E-state index contributed by atoms with van der Waals surface area (Å²) in [6, 6.07) is 14.8. The van der Waals surface area contributed by atoms with Crippen LogP contribution >= 0.6 is 11.6 Å². The molecule has 2 amide bonds. The lowest BCUT2D eigenvalue weighted by atomic mass is 10.2. The lowest BCUT2D eigenvalue weighted by Crippen LogP contribution is -2.34. The third-order valence-electron chi connectivity index (χ3n) is 2.95. The van der Waals surface area contributed by atoms with Crippen molar-refractivity contribution in [3.8, 4) is 0 Å². The van der Waals surface area contributed by atoms with Crippen LogP contribution in [-0.2, 0) is 0 Å². The van der Waals surface area contributed by atoms with Crippen molar-refractivity contribution >= 4 is 29.0 Å². The Balaban J connectivity index is 2.17. The van der Waals surface area contributed by atoms with Crippen LogP contribution in [0, 0.1) is 6.92 Å². The van der Waals surface area contributed by atoms with E-state index in [0.29, 0.717) is 17.3 Å². The third kappa shape index (κ3) is 3.52. The summed E-state index contributed by atoms with van der Waals surface area (Å²) in [4.78, 5) is 14.0. The monoisotopic (exact) mass is 288 g/mol. The highest BCUT2D eigenvalue weighted by atomic mass is 35.5. The second-order valence-electron chi connectivity index (χ2n) is 4.52. The molecule has 0 fully saturated rings. The minimum atomic E-state index is -0.166. The predicted molar refractivity (Wildman–Crippen MR) is 84.7 cm³/mol. The van der Waals surface area contributed by atoms with E-state index in [1.807, 2.05) is 44.2 Å². The second kappa shape index (κ2) is 6.44. The zero-order valence-electron chi connectivity index (χ0n) is 11.6. The van der Waals surface area contributed by atoms with Crippen molar-refractivity contribution in [3.05, 3.63) is 59.1 Å². The van der Waals surface area contributed by atoms with Gasteiger partial charge in [0.1, 0.15) is 0 Å². The van der Waals surface area contributed by atoms with Gasteiger partial charge in [-0.3, -0.25) is 4.90 Å². The fraction of sp³-hybridized carbons (Fsp3) is 0.188. The first kappa shape index (κ1) is 14.4. The van der Waals surface area contributed by atoms with Gasteiger partial charge in [-0.15, -0.1) is 0 Å². The number of carbonyl (C=O) groups excluding carboxylic acids is 1. The molecule has 0 aliphatic carbocycles. The summed E-state index contributed by atoms with van der Waals surface area (Å²) in [7, 11) is 0. The Morgan fingerprint density at radius 2 is 1.95 bits per heavy atom. The average Bonchev–Trinajstić information content (AvgIpc) is 2.39. The largest absolute Gasteiger partial charge is 0.326 e. The number of amides is 2. The molecule has 0 saturated carbocycles. The van der Waals surface area contributed by atoms with Gasteiger partial charge in [0.15, 0.2) is 0 Å². The van der Waals surface area contributed by atoms with Crippen molar-refractivity contribution in [1.82, 2.24) is 0 Å². The summed E-state index contributed by atoms with van der Waals surface area (Å²) in [5, 5.41) is 3.45. The van der Waals surface area contributed by atoms with Crippen LogP contribution in [0.4, 0.5) is 16.2 Å². The van der Waals surface area contributed by atoms with Gasteiger partial charge in [-0.05, 0) is 49.7 Å². The molecule has 0 aliphatic rings. The number of urea groups is 1. The van der Waals surface area contributed by atoms with E-state index >= 15 is 0 Å². The number of anilines is 2. The molecule has 2 aromatic rings. The van der Waals surface area contributed by atoms with Gasteiger partial charge in [-0.1, -0.05) is 29.8 Å². The van der Waals surface area contributed by atoms with E-state index in [2.05, 4.69) is 5.32 Å². The number of nitrogens with one attached hydrogen (secondary N) is 1. The molecule has 0 saturated heterocycles. The van der Waals surface area contributed by atoms with E-state index in [-0.39, 0.29) is 6.03 Å². The van der Waals surface area contributed by atoms with Crippen LogP contribution in [0.2, 0.25) is 5.02 Å².